The van der Waals surface area contributed by atoms with Crippen molar-refractivity contribution in [3.63, 3.8) is 0 Å². The van der Waals surface area contributed by atoms with E-state index in [0.29, 0.717) is 5.56 Å². The Bertz CT molecular complexity index is 3930. The summed E-state index contributed by atoms with van der Waals surface area (Å²) < 4.78 is 9.64. The van der Waals surface area contributed by atoms with Gasteiger partial charge in [-0.1, -0.05) is 109 Å². The topological polar surface area (TPSA) is 43.5 Å². The Morgan fingerprint density at radius 3 is 1.40 bits per heavy atom. The molecular weight excluding hydrogens is 731 g/mol. The van der Waals surface area contributed by atoms with Crippen LogP contribution in [0.1, 0.15) is 5.56 Å². The molecule has 0 bridgehead atoms. The second-order valence-corrected chi connectivity index (χ2v) is 15.6. The van der Waals surface area contributed by atoms with Crippen LogP contribution in [0.25, 0.3) is 110 Å². The van der Waals surface area contributed by atoms with Crippen molar-refractivity contribution in [3.8, 4) is 28.8 Å². The SMILES string of the molecule is N#Cc1cccc2c1c1ccc3c(c4ccccc4n3-c3ccc4c(c3)c3c(ccc5c6ccccc6n(-c6ccccc6)c53)n4-c3ccccc3)c1n2-c1ccccc1. The lowest BCUT2D eigenvalue weighted by molar-refractivity contribution is 1.16. The summed E-state index contributed by atoms with van der Waals surface area (Å²) in [6, 6.07) is 74.2. The number of hydrogen-bond acceptors (Lipinski definition) is 1. The smallest absolute Gasteiger partial charge is 0.0998 e. The molecule has 13 aromatic rings. The zero-order chi connectivity index (χ0) is 39.5. The zero-order valence-electron chi connectivity index (χ0n) is 32.3. The molecule has 0 atom stereocenters. The quantitative estimate of drug-likeness (QED) is 0.176. The van der Waals surface area contributed by atoms with Gasteiger partial charge in [-0.3, -0.25) is 0 Å². The molecule has 0 unspecified atom stereocenters. The molecule has 278 valence electrons. The number of aromatic nitrogens is 4. The van der Waals surface area contributed by atoms with Crippen molar-refractivity contribution >= 4 is 87.2 Å². The minimum absolute atomic E-state index is 0.676. The van der Waals surface area contributed by atoms with E-state index in [2.05, 4.69) is 212 Å². The maximum absolute atomic E-state index is 10.4. The fourth-order valence-corrected chi connectivity index (χ4v) is 10.2. The lowest BCUT2D eigenvalue weighted by Gasteiger charge is -2.11. The lowest BCUT2D eigenvalue weighted by Crippen LogP contribution is -1.96. The second-order valence-electron chi connectivity index (χ2n) is 15.6. The van der Waals surface area contributed by atoms with Gasteiger partial charge in [-0.15, -0.1) is 0 Å². The van der Waals surface area contributed by atoms with Crippen LogP contribution >= 0.6 is 0 Å². The molecule has 0 aliphatic rings. The standard InChI is InChI=1S/C55H33N5/c56-34-35-15-14-26-48-51(35)43-29-32-49-52(55(43)60(48)38-20-8-3-9-21-38)42-23-11-13-25-46(42)58(49)39-27-30-47-44(33-39)53-50(57(47)36-16-4-1-5-17-36)31-28-41-40-22-10-12-24-45(40)59(54(41)53)37-18-6-2-7-19-37/h1-33H. The summed E-state index contributed by atoms with van der Waals surface area (Å²) in [5, 5.41) is 19.6. The first-order valence-corrected chi connectivity index (χ1v) is 20.3. The van der Waals surface area contributed by atoms with E-state index in [9.17, 15) is 5.26 Å². The summed E-state index contributed by atoms with van der Waals surface area (Å²) in [5.41, 5.74) is 14.1. The summed E-state index contributed by atoms with van der Waals surface area (Å²) in [4.78, 5) is 0. The van der Waals surface area contributed by atoms with Gasteiger partial charge in [0.1, 0.15) is 0 Å². The minimum Gasteiger partial charge on any atom is -0.309 e. The van der Waals surface area contributed by atoms with E-state index in [4.69, 9.17) is 0 Å². The van der Waals surface area contributed by atoms with E-state index in [0.717, 1.165) is 77.4 Å². The lowest BCUT2D eigenvalue weighted by atomic mass is 10.0. The molecule has 0 aliphatic heterocycles. The minimum atomic E-state index is 0.676. The zero-order valence-corrected chi connectivity index (χ0v) is 32.3. The third kappa shape index (κ3) is 4.34. The Balaban J connectivity index is 1.20. The van der Waals surface area contributed by atoms with E-state index in [1.54, 1.807) is 0 Å². The molecule has 9 aromatic carbocycles. The molecular formula is C55H33N5. The highest BCUT2D eigenvalue weighted by Gasteiger charge is 2.24. The van der Waals surface area contributed by atoms with Gasteiger partial charge in [0.15, 0.2) is 0 Å². The predicted octanol–water partition coefficient (Wildman–Crippen LogP) is 13.9. The maximum Gasteiger partial charge on any atom is 0.0998 e. The van der Waals surface area contributed by atoms with Crippen molar-refractivity contribution in [2.75, 3.05) is 0 Å². The number of nitrogens with zero attached hydrogens (tertiary/aromatic N) is 5. The highest BCUT2D eigenvalue weighted by atomic mass is 15.0. The van der Waals surface area contributed by atoms with Crippen molar-refractivity contribution in [1.82, 2.24) is 18.3 Å². The van der Waals surface area contributed by atoms with Crippen LogP contribution in [0.15, 0.2) is 200 Å². The molecule has 0 saturated heterocycles. The largest absolute Gasteiger partial charge is 0.309 e. The molecule has 4 aromatic heterocycles. The van der Waals surface area contributed by atoms with Crippen LogP contribution in [-0.4, -0.2) is 18.3 Å². The van der Waals surface area contributed by atoms with Crippen LogP contribution < -0.4 is 0 Å². The molecule has 13 rings (SSSR count). The number of rotatable bonds is 4. The molecule has 60 heavy (non-hydrogen) atoms. The van der Waals surface area contributed by atoms with E-state index >= 15 is 0 Å². The summed E-state index contributed by atoms with van der Waals surface area (Å²) in [7, 11) is 0. The van der Waals surface area contributed by atoms with Crippen molar-refractivity contribution in [1.29, 1.82) is 5.26 Å². The average molecular weight is 764 g/mol. The van der Waals surface area contributed by atoms with Gasteiger partial charge >= 0.3 is 0 Å². The Labute approximate surface area is 344 Å². The van der Waals surface area contributed by atoms with E-state index in [-0.39, 0.29) is 0 Å². The van der Waals surface area contributed by atoms with E-state index < -0.39 is 0 Å². The molecule has 0 aliphatic carbocycles. The van der Waals surface area contributed by atoms with Gasteiger partial charge < -0.3 is 18.3 Å². The van der Waals surface area contributed by atoms with Crippen LogP contribution in [-0.2, 0) is 0 Å². The summed E-state index contributed by atoms with van der Waals surface area (Å²) in [6.45, 7) is 0. The molecule has 5 nitrogen and oxygen atoms in total. The van der Waals surface area contributed by atoms with Gasteiger partial charge in [0, 0.05) is 65.8 Å². The Hall–Kier alpha value is -8.33. The van der Waals surface area contributed by atoms with Crippen molar-refractivity contribution < 1.29 is 0 Å². The molecule has 0 N–H and O–H groups in total. The van der Waals surface area contributed by atoms with E-state index in [1.165, 1.54) is 32.6 Å². The first kappa shape index (κ1) is 32.7. The van der Waals surface area contributed by atoms with Crippen LogP contribution in [0, 0.1) is 11.3 Å². The van der Waals surface area contributed by atoms with Gasteiger partial charge in [-0.05, 0) is 91.0 Å². The van der Waals surface area contributed by atoms with Gasteiger partial charge in [-0.25, -0.2) is 0 Å². The van der Waals surface area contributed by atoms with Gasteiger partial charge in [0.05, 0.1) is 55.8 Å². The molecule has 0 radical (unpaired) electrons. The number of benzene rings is 9. The summed E-state index contributed by atoms with van der Waals surface area (Å²) >= 11 is 0. The van der Waals surface area contributed by atoms with Crippen LogP contribution in [0.5, 0.6) is 0 Å². The first-order valence-electron chi connectivity index (χ1n) is 20.3. The number of hydrogen-bond donors (Lipinski definition) is 0. The monoisotopic (exact) mass is 763 g/mol. The average Bonchev–Trinajstić information content (AvgIpc) is 4.04. The highest BCUT2D eigenvalue weighted by Crippen LogP contribution is 2.45. The van der Waals surface area contributed by atoms with Crippen LogP contribution in [0.2, 0.25) is 0 Å². The van der Waals surface area contributed by atoms with Crippen molar-refractivity contribution in [2.24, 2.45) is 0 Å². The van der Waals surface area contributed by atoms with E-state index in [1.807, 2.05) is 12.1 Å². The number of fused-ring (bicyclic) bond motifs is 14. The number of para-hydroxylation sites is 5. The maximum atomic E-state index is 10.4. The summed E-state index contributed by atoms with van der Waals surface area (Å²) in [6.07, 6.45) is 0. The Kier molecular flexibility index (Phi) is 6.73. The Morgan fingerprint density at radius 2 is 0.733 bits per heavy atom. The molecule has 5 heteroatoms. The molecule has 4 heterocycles. The first-order chi connectivity index (χ1) is 29.8. The molecule has 0 spiro atoms. The second kappa shape index (κ2) is 12.3. The van der Waals surface area contributed by atoms with Crippen LogP contribution in [0.3, 0.4) is 0 Å². The Morgan fingerprint density at radius 1 is 0.283 bits per heavy atom. The van der Waals surface area contributed by atoms with Gasteiger partial charge in [0.2, 0.25) is 0 Å². The van der Waals surface area contributed by atoms with Gasteiger partial charge in [0.25, 0.3) is 0 Å². The molecule has 0 saturated carbocycles. The third-order valence-electron chi connectivity index (χ3n) is 12.6. The number of nitriles is 1. The predicted molar refractivity (Wildman–Crippen MR) is 249 cm³/mol. The fourth-order valence-electron chi connectivity index (χ4n) is 10.2. The third-order valence-corrected chi connectivity index (χ3v) is 12.6. The normalized spacial score (nSPS) is 12.0. The van der Waals surface area contributed by atoms with Crippen molar-refractivity contribution in [3.05, 3.63) is 206 Å². The summed E-state index contributed by atoms with van der Waals surface area (Å²) in [5.74, 6) is 0. The van der Waals surface area contributed by atoms with Crippen LogP contribution in [0.4, 0.5) is 0 Å². The fraction of sp³-hybridized carbons (Fsp3) is 0. The van der Waals surface area contributed by atoms with Gasteiger partial charge in [-0.2, -0.15) is 5.26 Å². The molecule has 0 amide bonds. The van der Waals surface area contributed by atoms with Crippen molar-refractivity contribution in [2.45, 2.75) is 0 Å². The highest BCUT2D eigenvalue weighted by molar-refractivity contribution is 6.28. The molecule has 0 fully saturated rings.